The van der Waals surface area contributed by atoms with Crippen molar-refractivity contribution < 1.29 is 9.90 Å². The van der Waals surface area contributed by atoms with Crippen LogP contribution in [0.1, 0.15) is 6.92 Å². The van der Waals surface area contributed by atoms with Crippen molar-refractivity contribution >= 4 is 34.9 Å². The molecule has 0 aliphatic carbocycles. The Kier molecular flexibility index (Phi) is 4.46. The minimum Gasteiger partial charge on any atom is -0.477 e. The van der Waals surface area contributed by atoms with Gasteiger partial charge in [0.2, 0.25) is 0 Å². The number of rotatable bonds is 4. The molecule has 16 heavy (non-hydrogen) atoms. The summed E-state index contributed by atoms with van der Waals surface area (Å²) in [6.07, 6.45) is 1.43. The predicted octanol–water partition coefficient (Wildman–Crippen LogP) is 2.90. The normalized spacial score (nSPS) is 11.1. The molecule has 1 aromatic carbocycles. The fourth-order valence-corrected chi connectivity index (χ4v) is 1.43. The Hall–Kier alpha value is -1.39. The number of halogens is 2. The lowest BCUT2D eigenvalue weighted by Gasteiger charge is -2.11. The van der Waals surface area contributed by atoms with E-state index < -0.39 is 5.97 Å². The standard InChI is InChI=1S/C10H10Cl2N2O2/c1-2-8(10(15)16)13-14-9-4-3-6(11)5-7(9)12/h2-5,13-14H,1H3,(H,15,16)/b8-2+. The number of benzene rings is 1. The lowest BCUT2D eigenvalue weighted by atomic mass is 10.3. The molecule has 86 valence electrons. The fraction of sp³-hybridized carbons (Fsp3) is 0.100. The molecular weight excluding hydrogens is 251 g/mol. The monoisotopic (exact) mass is 260 g/mol. The Morgan fingerprint density at radius 2 is 2.12 bits per heavy atom. The third-order valence-corrected chi connectivity index (χ3v) is 2.33. The molecule has 0 saturated heterocycles. The van der Waals surface area contributed by atoms with Crippen molar-refractivity contribution in [3.63, 3.8) is 0 Å². The lowest BCUT2D eigenvalue weighted by Crippen LogP contribution is -2.26. The average molecular weight is 261 g/mol. The van der Waals surface area contributed by atoms with Crippen molar-refractivity contribution in [2.75, 3.05) is 5.43 Å². The van der Waals surface area contributed by atoms with Gasteiger partial charge in [0.1, 0.15) is 5.70 Å². The van der Waals surface area contributed by atoms with E-state index in [0.717, 1.165) is 0 Å². The third kappa shape index (κ3) is 3.32. The van der Waals surface area contributed by atoms with Crippen LogP contribution in [0.15, 0.2) is 30.0 Å². The summed E-state index contributed by atoms with van der Waals surface area (Å²) >= 11 is 11.6. The molecule has 0 aliphatic rings. The number of hydrogen-bond acceptors (Lipinski definition) is 3. The minimum atomic E-state index is -1.06. The van der Waals surface area contributed by atoms with E-state index in [1.165, 1.54) is 6.08 Å². The van der Waals surface area contributed by atoms with E-state index in [4.69, 9.17) is 28.3 Å². The summed E-state index contributed by atoms with van der Waals surface area (Å²) in [5.74, 6) is -1.06. The maximum atomic E-state index is 10.7. The highest BCUT2D eigenvalue weighted by molar-refractivity contribution is 6.36. The van der Waals surface area contributed by atoms with E-state index in [-0.39, 0.29) is 5.70 Å². The molecule has 0 radical (unpaired) electrons. The van der Waals surface area contributed by atoms with Gasteiger partial charge >= 0.3 is 5.97 Å². The number of carboxylic acids is 1. The van der Waals surface area contributed by atoms with Crippen LogP contribution in [0.25, 0.3) is 0 Å². The van der Waals surface area contributed by atoms with E-state index in [1.54, 1.807) is 25.1 Å². The SMILES string of the molecule is C/C=C(/NNc1ccc(Cl)cc1Cl)C(=O)O. The van der Waals surface area contributed by atoms with Gasteiger partial charge in [-0.05, 0) is 25.1 Å². The summed E-state index contributed by atoms with van der Waals surface area (Å²) in [4.78, 5) is 10.7. The molecule has 0 aliphatic heterocycles. The second-order valence-electron chi connectivity index (χ2n) is 2.88. The Labute approximate surface area is 103 Å². The molecule has 0 heterocycles. The molecule has 1 rings (SSSR count). The highest BCUT2D eigenvalue weighted by Crippen LogP contribution is 2.24. The zero-order valence-electron chi connectivity index (χ0n) is 8.42. The second kappa shape index (κ2) is 5.63. The molecule has 0 atom stereocenters. The van der Waals surface area contributed by atoms with Crippen molar-refractivity contribution in [1.82, 2.24) is 5.43 Å². The largest absolute Gasteiger partial charge is 0.477 e. The Balaban J connectivity index is 2.71. The molecule has 0 amide bonds. The van der Waals surface area contributed by atoms with Crippen molar-refractivity contribution in [3.8, 4) is 0 Å². The molecule has 3 N–H and O–H groups in total. The summed E-state index contributed by atoms with van der Waals surface area (Å²) in [6.45, 7) is 1.61. The number of anilines is 1. The topological polar surface area (TPSA) is 61.4 Å². The number of allylic oxidation sites excluding steroid dienone is 1. The van der Waals surface area contributed by atoms with Gasteiger partial charge in [-0.1, -0.05) is 29.3 Å². The molecule has 0 fully saturated rings. The number of carboxylic acid groups (broad SMARTS) is 1. The Bertz CT molecular complexity index is 433. The lowest BCUT2D eigenvalue weighted by molar-refractivity contribution is -0.133. The number of hydrazine groups is 1. The summed E-state index contributed by atoms with van der Waals surface area (Å²) < 4.78 is 0. The molecule has 1 aromatic rings. The number of hydrogen-bond donors (Lipinski definition) is 3. The number of aliphatic carboxylic acids is 1. The van der Waals surface area contributed by atoms with Gasteiger partial charge in [0.15, 0.2) is 0 Å². The fourth-order valence-electron chi connectivity index (χ4n) is 0.975. The van der Waals surface area contributed by atoms with Crippen LogP contribution >= 0.6 is 23.2 Å². The summed E-state index contributed by atoms with van der Waals surface area (Å²) in [5, 5.41) is 9.66. The van der Waals surface area contributed by atoms with Crippen molar-refractivity contribution in [2.24, 2.45) is 0 Å². The Morgan fingerprint density at radius 1 is 1.44 bits per heavy atom. The van der Waals surface area contributed by atoms with Crippen LogP contribution < -0.4 is 10.9 Å². The Morgan fingerprint density at radius 3 is 2.62 bits per heavy atom. The third-order valence-electron chi connectivity index (χ3n) is 1.78. The van der Waals surface area contributed by atoms with Crippen LogP contribution in [0, 0.1) is 0 Å². The van der Waals surface area contributed by atoms with Crippen molar-refractivity contribution in [3.05, 3.63) is 40.0 Å². The van der Waals surface area contributed by atoms with Gasteiger partial charge in [0, 0.05) is 5.02 Å². The maximum Gasteiger partial charge on any atom is 0.353 e. The molecule has 0 unspecified atom stereocenters. The van der Waals surface area contributed by atoms with Crippen LogP contribution in [-0.2, 0) is 4.79 Å². The van der Waals surface area contributed by atoms with Crippen LogP contribution in [0.2, 0.25) is 10.0 Å². The van der Waals surface area contributed by atoms with Gasteiger partial charge in [0.05, 0.1) is 10.7 Å². The van der Waals surface area contributed by atoms with Crippen LogP contribution in [0.3, 0.4) is 0 Å². The molecule has 4 nitrogen and oxygen atoms in total. The summed E-state index contributed by atoms with van der Waals surface area (Å²) in [6, 6.07) is 4.85. The first-order valence-electron chi connectivity index (χ1n) is 4.41. The average Bonchev–Trinajstić information content (AvgIpc) is 2.21. The molecule has 6 heteroatoms. The maximum absolute atomic E-state index is 10.7. The first-order valence-corrected chi connectivity index (χ1v) is 5.17. The smallest absolute Gasteiger partial charge is 0.353 e. The van der Waals surface area contributed by atoms with E-state index in [0.29, 0.717) is 15.7 Å². The summed E-state index contributed by atoms with van der Waals surface area (Å²) in [7, 11) is 0. The predicted molar refractivity (Wildman–Crippen MR) is 64.6 cm³/mol. The van der Waals surface area contributed by atoms with E-state index in [1.807, 2.05) is 0 Å². The molecule has 0 spiro atoms. The zero-order valence-corrected chi connectivity index (χ0v) is 9.93. The van der Waals surface area contributed by atoms with Gasteiger partial charge in [0.25, 0.3) is 0 Å². The van der Waals surface area contributed by atoms with Gasteiger partial charge < -0.3 is 5.11 Å². The molecule has 0 bridgehead atoms. The number of carbonyl (C=O) groups is 1. The van der Waals surface area contributed by atoms with E-state index in [2.05, 4.69) is 10.9 Å². The van der Waals surface area contributed by atoms with Gasteiger partial charge in [-0.3, -0.25) is 10.9 Å². The van der Waals surface area contributed by atoms with Gasteiger partial charge in [-0.25, -0.2) is 4.79 Å². The van der Waals surface area contributed by atoms with Crippen molar-refractivity contribution in [2.45, 2.75) is 6.92 Å². The first kappa shape index (κ1) is 12.7. The van der Waals surface area contributed by atoms with Crippen molar-refractivity contribution in [1.29, 1.82) is 0 Å². The highest BCUT2D eigenvalue weighted by Gasteiger charge is 2.06. The quantitative estimate of drug-likeness (QED) is 0.576. The molecule has 0 saturated carbocycles. The molecule has 0 aromatic heterocycles. The van der Waals surface area contributed by atoms with E-state index in [9.17, 15) is 4.79 Å². The minimum absolute atomic E-state index is 0.0333. The van der Waals surface area contributed by atoms with Gasteiger partial charge in [-0.15, -0.1) is 0 Å². The molecular formula is C10H10Cl2N2O2. The zero-order chi connectivity index (χ0) is 12.1. The van der Waals surface area contributed by atoms with Gasteiger partial charge in [-0.2, -0.15) is 0 Å². The summed E-state index contributed by atoms with van der Waals surface area (Å²) in [5.41, 5.74) is 5.79. The van der Waals surface area contributed by atoms with E-state index >= 15 is 0 Å². The highest BCUT2D eigenvalue weighted by atomic mass is 35.5. The van der Waals surface area contributed by atoms with Crippen LogP contribution in [0.4, 0.5) is 5.69 Å². The number of nitrogens with one attached hydrogen (secondary N) is 2. The first-order chi connectivity index (χ1) is 7.54. The van der Waals surface area contributed by atoms with Crippen LogP contribution in [0.5, 0.6) is 0 Å². The second-order valence-corrected chi connectivity index (χ2v) is 3.73. The van der Waals surface area contributed by atoms with Crippen LogP contribution in [-0.4, -0.2) is 11.1 Å².